The van der Waals surface area contributed by atoms with E-state index in [0.717, 1.165) is 11.4 Å². The Labute approximate surface area is 136 Å². The Bertz CT molecular complexity index is 781. The summed E-state index contributed by atoms with van der Waals surface area (Å²) in [7, 11) is 1.93. The maximum atomic E-state index is 4.57. The molecule has 0 amide bonds. The molecule has 0 bridgehead atoms. The summed E-state index contributed by atoms with van der Waals surface area (Å²) >= 11 is 0. The minimum Gasteiger partial charge on any atom is -0.338 e. The van der Waals surface area contributed by atoms with Crippen molar-refractivity contribution in [1.29, 1.82) is 0 Å². The first-order valence-electron chi connectivity index (χ1n) is 7.47. The quantitative estimate of drug-likeness (QED) is 0.789. The van der Waals surface area contributed by atoms with Gasteiger partial charge in [-0.25, -0.2) is 0 Å². The molecule has 23 heavy (non-hydrogen) atoms. The number of rotatable bonds is 4. The minimum atomic E-state index is 0.549. The van der Waals surface area contributed by atoms with Gasteiger partial charge in [0.05, 0.1) is 6.20 Å². The number of nitrogens with zero attached hydrogens (tertiary/aromatic N) is 4. The molecule has 2 aromatic carbocycles. The maximum absolute atomic E-state index is 4.57. The molecule has 3 aromatic rings. The smallest absolute Gasteiger partial charge is 0.251 e. The zero-order valence-electron chi connectivity index (χ0n) is 13.5. The molecule has 3 rings (SSSR count). The van der Waals surface area contributed by atoms with E-state index >= 15 is 0 Å². The van der Waals surface area contributed by atoms with Crippen molar-refractivity contribution in [2.45, 2.75) is 13.8 Å². The van der Waals surface area contributed by atoms with Crippen LogP contribution >= 0.6 is 0 Å². The van der Waals surface area contributed by atoms with E-state index in [0.29, 0.717) is 11.8 Å². The van der Waals surface area contributed by atoms with Gasteiger partial charge in [0.2, 0.25) is 0 Å². The van der Waals surface area contributed by atoms with Crippen LogP contribution in [-0.4, -0.2) is 22.2 Å². The SMILES string of the molecule is Cc1cccc(C)c1Nc1cnnc(N(C)c2ccccc2)n1. The fourth-order valence-corrected chi connectivity index (χ4v) is 2.40. The first-order valence-corrected chi connectivity index (χ1v) is 7.47. The van der Waals surface area contributed by atoms with Crippen molar-refractivity contribution in [2.24, 2.45) is 0 Å². The molecule has 1 aromatic heterocycles. The molecule has 0 atom stereocenters. The fraction of sp³-hybridized carbons (Fsp3) is 0.167. The Hall–Kier alpha value is -2.95. The monoisotopic (exact) mass is 305 g/mol. The third kappa shape index (κ3) is 3.29. The van der Waals surface area contributed by atoms with Gasteiger partial charge in [0, 0.05) is 18.4 Å². The Balaban J connectivity index is 1.89. The Kier molecular flexibility index (Phi) is 4.19. The summed E-state index contributed by atoms with van der Waals surface area (Å²) in [5.74, 6) is 1.22. The second-order valence-corrected chi connectivity index (χ2v) is 5.43. The van der Waals surface area contributed by atoms with Crippen LogP contribution in [0.25, 0.3) is 0 Å². The molecule has 0 aliphatic rings. The summed E-state index contributed by atoms with van der Waals surface area (Å²) in [6.45, 7) is 4.14. The molecule has 5 heteroatoms. The van der Waals surface area contributed by atoms with Gasteiger partial charge in [-0.3, -0.25) is 0 Å². The van der Waals surface area contributed by atoms with E-state index < -0.39 is 0 Å². The van der Waals surface area contributed by atoms with Crippen LogP contribution in [0.2, 0.25) is 0 Å². The van der Waals surface area contributed by atoms with Crippen molar-refractivity contribution in [3.63, 3.8) is 0 Å². The number of hydrogen-bond acceptors (Lipinski definition) is 5. The molecule has 0 aliphatic carbocycles. The van der Waals surface area contributed by atoms with Crippen molar-refractivity contribution in [3.8, 4) is 0 Å². The lowest BCUT2D eigenvalue weighted by molar-refractivity contribution is 0.931. The molecule has 0 unspecified atom stereocenters. The van der Waals surface area contributed by atoms with Crippen molar-refractivity contribution in [2.75, 3.05) is 17.3 Å². The summed E-state index contributed by atoms with van der Waals surface area (Å²) < 4.78 is 0. The number of para-hydroxylation sites is 2. The summed E-state index contributed by atoms with van der Waals surface area (Å²) in [4.78, 5) is 6.47. The maximum Gasteiger partial charge on any atom is 0.251 e. The van der Waals surface area contributed by atoms with Gasteiger partial charge in [-0.2, -0.15) is 10.1 Å². The van der Waals surface area contributed by atoms with Gasteiger partial charge in [0.25, 0.3) is 5.95 Å². The zero-order chi connectivity index (χ0) is 16.2. The van der Waals surface area contributed by atoms with Gasteiger partial charge in [-0.15, -0.1) is 5.10 Å². The summed E-state index contributed by atoms with van der Waals surface area (Å²) in [5, 5.41) is 11.5. The van der Waals surface area contributed by atoms with E-state index in [-0.39, 0.29) is 0 Å². The highest BCUT2D eigenvalue weighted by Crippen LogP contribution is 2.24. The number of anilines is 4. The van der Waals surface area contributed by atoms with E-state index in [1.165, 1.54) is 11.1 Å². The third-order valence-electron chi connectivity index (χ3n) is 3.73. The van der Waals surface area contributed by atoms with E-state index in [1.54, 1.807) is 6.20 Å². The minimum absolute atomic E-state index is 0.549. The average molecular weight is 305 g/mol. The number of nitrogens with one attached hydrogen (secondary N) is 1. The number of aryl methyl sites for hydroxylation is 2. The molecule has 1 N–H and O–H groups in total. The number of benzene rings is 2. The second-order valence-electron chi connectivity index (χ2n) is 5.43. The largest absolute Gasteiger partial charge is 0.338 e. The van der Waals surface area contributed by atoms with Crippen LogP contribution < -0.4 is 10.2 Å². The summed E-state index contributed by atoms with van der Waals surface area (Å²) in [6, 6.07) is 16.2. The average Bonchev–Trinajstić information content (AvgIpc) is 2.59. The fourth-order valence-electron chi connectivity index (χ4n) is 2.40. The standard InChI is InChI=1S/C18H19N5/c1-13-8-7-9-14(2)17(13)20-16-12-19-22-18(21-16)23(3)15-10-5-4-6-11-15/h4-12H,1-3H3,(H,20,21,22). The highest BCUT2D eigenvalue weighted by Gasteiger charge is 2.10. The van der Waals surface area contributed by atoms with Gasteiger partial charge >= 0.3 is 0 Å². The predicted octanol–water partition coefficient (Wildman–Crippen LogP) is 4.00. The molecule has 5 nitrogen and oxygen atoms in total. The molecule has 0 aliphatic heterocycles. The normalized spacial score (nSPS) is 10.4. The van der Waals surface area contributed by atoms with Gasteiger partial charge in [-0.1, -0.05) is 36.4 Å². The van der Waals surface area contributed by atoms with Gasteiger partial charge in [0.1, 0.15) is 0 Å². The molecule has 0 saturated heterocycles. The van der Waals surface area contributed by atoms with Gasteiger partial charge < -0.3 is 10.2 Å². The van der Waals surface area contributed by atoms with Crippen LogP contribution in [0.3, 0.4) is 0 Å². The molecule has 116 valence electrons. The molecular formula is C18H19N5. The van der Waals surface area contributed by atoms with E-state index in [9.17, 15) is 0 Å². The van der Waals surface area contributed by atoms with E-state index in [1.807, 2.05) is 48.3 Å². The van der Waals surface area contributed by atoms with Crippen molar-refractivity contribution < 1.29 is 0 Å². The van der Waals surface area contributed by atoms with Crippen LogP contribution in [-0.2, 0) is 0 Å². The highest BCUT2D eigenvalue weighted by atomic mass is 15.3. The Morgan fingerprint density at radius 3 is 2.30 bits per heavy atom. The van der Waals surface area contributed by atoms with E-state index in [4.69, 9.17) is 0 Å². The lowest BCUT2D eigenvalue weighted by atomic mass is 10.1. The van der Waals surface area contributed by atoms with Crippen molar-refractivity contribution in [1.82, 2.24) is 15.2 Å². The third-order valence-corrected chi connectivity index (χ3v) is 3.73. The zero-order valence-corrected chi connectivity index (χ0v) is 13.5. The van der Waals surface area contributed by atoms with Crippen molar-refractivity contribution in [3.05, 3.63) is 65.9 Å². The molecule has 1 heterocycles. The first-order chi connectivity index (χ1) is 11.1. The lowest BCUT2D eigenvalue weighted by Crippen LogP contribution is -2.14. The molecular weight excluding hydrogens is 286 g/mol. The van der Waals surface area contributed by atoms with Crippen LogP contribution in [0.15, 0.2) is 54.7 Å². The van der Waals surface area contributed by atoms with Crippen LogP contribution in [0.1, 0.15) is 11.1 Å². The second kappa shape index (κ2) is 6.44. The van der Waals surface area contributed by atoms with Gasteiger partial charge in [-0.05, 0) is 37.1 Å². The number of aromatic nitrogens is 3. The van der Waals surface area contributed by atoms with Crippen molar-refractivity contribution >= 4 is 23.1 Å². The predicted molar refractivity (Wildman–Crippen MR) is 93.5 cm³/mol. The Morgan fingerprint density at radius 1 is 0.913 bits per heavy atom. The highest BCUT2D eigenvalue weighted by molar-refractivity contribution is 5.65. The lowest BCUT2D eigenvalue weighted by Gasteiger charge is -2.17. The van der Waals surface area contributed by atoms with Crippen LogP contribution in [0.4, 0.5) is 23.1 Å². The molecule has 0 radical (unpaired) electrons. The summed E-state index contributed by atoms with van der Waals surface area (Å²) in [5.41, 5.74) is 4.41. The van der Waals surface area contributed by atoms with Gasteiger partial charge in [0.15, 0.2) is 5.82 Å². The van der Waals surface area contributed by atoms with Crippen LogP contribution in [0.5, 0.6) is 0 Å². The molecule has 0 spiro atoms. The molecule has 0 fully saturated rings. The molecule has 0 saturated carbocycles. The summed E-state index contributed by atoms with van der Waals surface area (Å²) in [6.07, 6.45) is 1.63. The Morgan fingerprint density at radius 2 is 1.61 bits per heavy atom. The van der Waals surface area contributed by atoms with E-state index in [2.05, 4.69) is 46.5 Å². The topological polar surface area (TPSA) is 53.9 Å². The first kappa shape index (κ1) is 15.0. The number of hydrogen-bond donors (Lipinski definition) is 1. The van der Waals surface area contributed by atoms with Crippen LogP contribution in [0, 0.1) is 13.8 Å².